The summed E-state index contributed by atoms with van der Waals surface area (Å²) in [5.74, 6) is -2.01. The minimum absolute atomic E-state index is 0.0410. The molecule has 202 valence electrons. The molecule has 3 N–H and O–H groups in total. The number of fused-ring (bicyclic) bond motifs is 2. The first-order chi connectivity index (χ1) is 18.2. The number of anilines is 1. The van der Waals surface area contributed by atoms with E-state index in [4.69, 9.17) is 36.3 Å². The van der Waals surface area contributed by atoms with Gasteiger partial charge in [-0.05, 0) is 31.0 Å². The Kier molecular flexibility index (Phi) is 6.71. The average molecular weight is 550 g/mol. The Balaban J connectivity index is 1.46. The van der Waals surface area contributed by atoms with Gasteiger partial charge in [-0.3, -0.25) is 0 Å². The van der Waals surface area contributed by atoms with Gasteiger partial charge in [0.2, 0.25) is 5.28 Å². The predicted molar refractivity (Wildman–Crippen MR) is 130 cm³/mol. The maximum atomic E-state index is 15.8. The van der Waals surface area contributed by atoms with Gasteiger partial charge in [-0.1, -0.05) is 30.3 Å². The molecule has 3 heterocycles. The second-order valence-corrected chi connectivity index (χ2v) is 9.25. The van der Waals surface area contributed by atoms with E-state index in [1.165, 1.54) is 6.20 Å². The SMILES string of the molecule is CCOC(=O)C(Cc1ccccc1)(OC1[C@H]2O[C@@H](n3ncc4c(N)nc(Cl)nc43)[C@@H](F)[C@@]12O)C(=O)OCC. The summed E-state index contributed by atoms with van der Waals surface area (Å²) in [6.07, 6.45) is -5.09. The number of benzene rings is 1. The standard InChI is InChI=1S/C24H25ClFN5O7/c1-3-35-20(32)23(21(33)36-4-2,10-12-8-6-5-7-9-12)38-16-15-24(16,34)14(26)19(37-15)31-18-13(11-28-31)17(27)29-22(25)30-18/h5-9,11,14-16,19,34H,3-4,10H2,1-2H3,(H2,27,29,30)/t14-,15-,16?,19-,24+/m1/s1. The van der Waals surface area contributed by atoms with Crippen LogP contribution in [0.1, 0.15) is 25.6 Å². The van der Waals surface area contributed by atoms with Crippen LogP contribution in [0.3, 0.4) is 0 Å². The van der Waals surface area contributed by atoms with Crippen LogP contribution in [0.25, 0.3) is 11.0 Å². The first kappa shape index (κ1) is 26.2. The second-order valence-electron chi connectivity index (χ2n) is 8.91. The summed E-state index contributed by atoms with van der Waals surface area (Å²) >= 11 is 5.90. The number of aliphatic hydroxyl groups is 1. The van der Waals surface area contributed by atoms with Crippen molar-refractivity contribution in [2.24, 2.45) is 0 Å². The van der Waals surface area contributed by atoms with Crippen molar-refractivity contribution < 1.29 is 38.0 Å². The molecule has 2 fully saturated rings. The van der Waals surface area contributed by atoms with Crippen LogP contribution in [0.5, 0.6) is 0 Å². The third-order valence-corrected chi connectivity index (χ3v) is 6.76. The summed E-state index contributed by atoms with van der Waals surface area (Å²) in [7, 11) is 0. The Morgan fingerprint density at radius 3 is 2.45 bits per heavy atom. The fourth-order valence-corrected chi connectivity index (χ4v) is 4.85. The number of carbonyl (C=O) groups is 2. The number of hydrogen-bond donors (Lipinski definition) is 2. The van der Waals surface area contributed by atoms with Crippen LogP contribution >= 0.6 is 11.6 Å². The highest BCUT2D eigenvalue weighted by atomic mass is 35.5. The van der Waals surface area contributed by atoms with E-state index < -0.39 is 47.7 Å². The smallest absolute Gasteiger partial charge is 0.350 e. The van der Waals surface area contributed by atoms with Crippen molar-refractivity contribution >= 4 is 40.4 Å². The third-order valence-electron chi connectivity index (χ3n) is 6.59. The van der Waals surface area contributed by atoms with Gasteiger partial charge in [0.05, 0.1) is 24.8 Å². The van der Waals surface area contributed by atoms with Crippen molar-refractivity contribution in [3.8, 4) is 0 Å². The molecule has 12 nitrogen and oxygen atoms in total. The Morgan fingerprint density at radius 2 is 1.87 bits per heavy atom. The van der Waals surface area contributed by atoms with Crippen molar-refractivity contribution in [2.45, 2.75) is 56.1 Å². The maximum Gasteiger partial charge on any atom is 0.350 e. The number of aromatic nitrogens is 4. The van der Waals surface area contributed by atoms with Gasteiger partial charge >= 0.3 is 11.9 Å². The van der Waals surface area contributed by atoms with Gasteiger partial charge in [-0.2, -0.15) is 10.1 Å². The zero-order valence-electron chi connectivity index (χ0n) is 20.4. The van der Waals surface area contributed by atoms with Gasteiger partial charge in [0.1, 0.15) is 18.0 Å². The number of alkyl halides is 1. The molecule has 3 aromatic rings. The molecule has 1 unspecified atom stereocenters. The summed E-state index contributed by atoms with van der Waals surface area (Å²) in [4.78, 5) is 34.3. The van der Waals surface area contributed by atoms with Crippen molar-refractivity contribution in [3.63, 3.8) is 0 Å². The molecule has 0 spiro atoms. The molecule has 5 rings (SSSR count). The van der Waals surface area contributed by atoms with E-state index in [0.29, 0.717) is 10.9 Å². The summed E-state index contributed by atoms with van der Waals surface area (Å²) in [6, 6.07) is 8.58. The quantitative estimate of drug-likeness (QED) is 0.226. The third kappa shape index (κ3) is 4.06. The van der Waals surface area contributed by atoms with Crippen molar-refractivity contribution in [3.05, 3.63) is 47.4 Å². The second kappa shape index (κ2) is 9.73. The summed E-state index contributed by atoms with van der Waals surface area (Å²) in [5.41, 5.74) is 1.99. The minimum atomic E-state index is -2.32. The van der Waals surface area contributed by atoms with Crippen LogP contribution in [-0.2, 0) is 35.0 Å². The summed E-state index contributed by atoms with van der Waals surface area (Å²) in [5, 5.41) is 15.5. The largest absolute Gasteiger partial charge is 0.463 e. The molecule has 38 heavy (non-hydrogen) atoms. The first-order valence-electron chi connectivity index (χ1n) is 11.9. The molecule has 2 aliphatic rings. The normalized spacial score (nSPS) is 26.2. The molecule has 1 saturated carbocycles. The highest BCUT2D eigenvalue weighted by molar-refractivity contribution is 6.28. The molecular weight excluding hydrogens is 525 g/mol. The van der Waals surface area contributed by atoms with Crippen LogP contribution < -0.4 is 5.73 Å². The first-order valence-corrected chi connectivity index (χ1v) is 12.3. The highest BCUT2D eigenvalue weighted by Gasteiger charge is 2.81. The number of ether oxygens (including phenoxy) is 4. The zero-order valence-corrected chi connectivity index (χ0v) is 21.2. The number of carbonyl (C=O) groups excluding carboxylic acids is 2. The summed E-state index contributed by atoms with van der Waals surface area (Å²) < 4.78 is 39.0. The molecule has 0 radical (unpaired) electrons. The lowest BCUT2D eigenvalue weighted by Gasteiger charge is -2.31. The molecule has 1 saturated heterocycles. The number of rotatable bonds is 9. The van der Waals surface area contributed by atoms with E-state index in [2.05, 4.69) is 15.1 Å². The van der Waals surface area contributed by atoms with Crippen molar-refractivity contribution in [2.75, 3.05) is 18.9 Å². The topological polar surface area (TPSA) is 161 Å². The molecule has 1 aromatic carbocycles. The molecule has 5 atom stereocenters. The zero-order chi connectivity index (χ0) is 27.2. The number of halogens is 2. The fraction of sp³-hybridized carbons (Fsp3) is 0.458. The monoisotopic (exact) mass is 549 g/mol. The molecule has 2 aromatic heterocycles. The van der Waals surface area contributed by atoms with Gasteiger partial charge in [0.15, 0.2) is 23.6 Å². The van der Waals surface area contributed by atoms with Crippen LogP contribution in [0.2, 0.25) is 5.28 Å². The van der Waals surface area contributed by atoms with Gasteiger partial charge in [0, 0.05) is 6.42 Å². The van der Waals surface area contributed by atoms with Gasteiger partial charge in [-0.15, -0.1) is 0 Å². The molecule has 0 amide bonds. The number of hydrogen-bond acceptors (Lipinski definition) is 11. The van der Waals surface area contributed by atoms with Crippen LogP contribution in [0.15, 0.2) is 36.5 Å². The molecule has 0 bridgehead atoms. The van der Waals surface area contributed by atoms with Crippen LogP contribution in [-0.4, -0.2) is 79.6 Å². The highest BCUT2D eigenvalue weighted by Crippen LogP contribution is 2.58. The molecular formula is C24H25ClFN5O7. The van der Waals surface area contributed by atoms with E-state index in [0.717, 1.165) is 4.68 Å². The van der Waals surface area contributed by atoms with E-state index in [9.17, 15) is 14.7 Å². The van der Waals surface area contributed by atoms with Gasteiger partial charge < -0.3 is 29.8 Å². The lowest BCUT2D eigenvalue weighted by molar-refractivity contribution is -0.201. The van der Waals surface area contributed by atoms with E-state index in [-0.39, 0.29) is 36.4 Å². The lowest BCUT2D eigenvalue weighted by atomic mass is 9.93. The number of nitrogen functional groups attached to an aromatic ring is 1. The molecule has 1 aliphatic heterocycles. The average Bonchev–Trinajstić information content (AvgIpc) is 3.14. The van der Waals surface area contributed by atoms with Gasteiger partial charge in [-0.25, -0.2) is 23.6 Å². The van der Waals surface area contributed by atoms with Crippen molar-refractivity contribution in [1.82, 2.24) is 19.7 Å². The lowest BCUT2D eigenvalue weighted by Crippen LogP contribution is -2.55. The number of nitrogens with zero attached hydrogens (tertiary/aromatic N) is 4. The summed E-state index contributed by atoms with van der Waals surface area (Å²) in [6.45, 7) is 3.03. The Morgan fingerprint density at radius 1 is 1.21 bits per heavy atom. The van der Waals surface area contributed by atoms with Gasteiger partial charge in [0.25, 0.3) is 5.60 Å². The maximum absolute atomic E-state index is 15.8. The Bertz CT molecular complexity index is 1360. The molecule has 14 heteroatoms. The van der Waals surface area contributed by atoms with Crippen LogP contribution in [0, 0.1) is 0 Å². The Hall–Kier alpha value is -3.39. The van der Waals surface area contributed by atoms with E-state index >= 15 is 4.39 Å². The number of nitrogens with two attached hydrogens (primary N) is 1. The number of esters is 2. The van der Waals surface area contributed by atoms with E-state index in [1.807, 2.05) is 0 Å². The molecule has 1 aliphatic carbocycles. The van der Waals surface area contributed by atoms with E-state index in [1.54, 1.807) is 44.2 Å². The minimum Gasteiger partial charge on any atom is -0.463 e. The fourth-order valence-electron chi connectivity index (χ4n) is 4.68. The van der Waals surface area contributed by atoms with Crippen molar-refractivity contribution in [1.29, 1.82) is 0 Å². The van der Waals surface area contributed by atoms with Crippen LogP contribution in [0.4, 0.5) is 10.2 Å². The predicted octanol–water partition coefficient (Wildman–Crippen LogP) is 1.53. The Labute approximate surface area is 220 Å².